The molecule has 5 heteroatoms. The van der Waals surface area contributed by atoms with Crippen molar-refractivity contribution in [2.45, 2.75) is 4.90 Å². The average Bonchev–Trinajstić information content (AvgIpc) is 2.18. The van der Waals surface area contributed by atoms with E-state index in [0.717, 1.165) is 0 Å². The maximum absolute atomic E-state index is 10.5. The van der Waals surface area contributed by atoms with Crippen molar-refractivity contribution in [3.05, 3.63) is 28.8 Å². The van der Waals surface area contributed by atoms with Crippen LogP contribution in [0.5, 0.6) is 0 Å². The van der Waals surface area contributed by atoms with Crippen molar-refractivity contribution in [3.8, 4) is 0 Å². The standard InChI is InChI=1S/C9H6O3S.Na.H/c10-3-6-1-7(4-11)9(13)8(2-6)5-12;;/h1-5,13H;;. The van der Waals surface area contributed by atoms with Gasteiger partial charge in [-0.15, -0.1) is 12.6 Å². The van der Waals surface area contributed by atoms with Crippen molar-refractivity contribution in [3.63, 3.8) is 0 Å². The Morgan fingerprint density at radius 1 is 0.929 bits per heavy atom. The summed E-state index contributed by atoms with van der Waals surface area (Å²) in [5.74, 6) is 0. The molecule has 0 heterocycles. The van der Waals surface area contributed by atoms with Crippen molar-refractivity contribution in [1.29, 1.82) is 0 Å². The molecule has 0 atom stereocenters. The molecule has 3 nitrogen and oxygen atoms in total. The molecule has 1 aromatic rings. The Labute approximate surface area is 109 Å². The molecule has 14 heavy (non-hydrogen) atoms. The molecule has 0 bridgehead atoms. The van der Waals surface area contributed by atoms with Crippen LogP contribution in [0.15, 0.2) is 17.0 Å². The van der Waals surface area contributed by atoms with Gasteiger partial charge in [0.2, 0.25) is 0 Å². The minimum absolute atomic E-state index is 0. The van der Waals surface area contributed by atoms with E-state index in [1.807, 2.05) is 0 Å². The maximum atomic E-state index is 10.5. The molecule has 1 rings (SSSR count). The van der Waals surface area contributed by atoms with Gasteiger partial charge >= 0.3 is 29.6 Å². The molecular weight excluding hydrogens is 211 g/mol. The van der Waals surface area contributed by atoms with Crippen LogP contribution in [0.25, 0.3) is 0 Å². The summed E-state index contributed by atoms with van der Waals surface area (Å²) in [5, 5.41) is 0. The van der Waals surface area contributed by atoms with E-state index < -0.39 is 0 Å². The molecule has 0 N–H and O–H groups in total. The number of thiol groups is 1. The number of aldehydes is 3. The van der Waals surface area contributed by atoms with Crippen molar-refractivity contribution >= 4 is 61.0 Å². The molecule has 0 aromatic heterocycles. The predicted molar refractivity (Wildman–Crippen MR) is 57.0 cm³/mol. The molecule has 0 spiro atoms. The molecule has 0 radical (unpaired) electrons. The second-order valence-corrected chi connectivity index (χ2v) is 2.85. The minimum atomic E-state index is 0. The van der Waals surface area contributed by atoms with Crippen LogP contribution < -0.4 is 0 Å². The fourth-order valence-electron chi connectivity index (χ4n) is 0.952. The number of rotatable bonds is 3. The quantitative estimate of drug-likeness (QED) is 0.463. The summed E-state index contributed by atoms with van der Waals surface area (Å²) in [7, 11) is 0. The van der Waals surface area contributed by atoms with Crippen LogP contribution in [-0.2, 0) is 0 Å². The van der Waals surface area contributed by atoms with E-state index in [1.165, 1.54) is 12.1 Å². The van der Waals surface area contributed by atoms with E-state index in [4.69, 9.17) is 0 Å². The molecular formula is C9H7NaO3S. The van der Waals surface area contributed by atoms with Gasteiger partial charge in [0.05, 0.1) is 0 Å². The predicted octanol–water partition coefficient (Wildman–Crippen LogP) is 0.764. The molecule has 68 valence electrons. The van der Waals surface area contributed by atoms with Crippen molar-refractivity contribution in [2.24, 2.45) is 0 Å². The van der Waals surface area contributed by atoms with Gasteiger partial charge in [-0.1, -0.05) is 0 Å². The molecule has 0 aliphatic heterocycles. The van der Waals surface area contributed by atoms with E-state index in [9.17, 15) is 14.4 Å². The summed E-state index contributed by atoms with van der Waals surface area (Å²) < 4.78 is 0. The molecule has 0 fully saturated rings. The second-order valence-electron chi connectivity index (χ2n) is 2.40. The molecule has 0 aliphatic rings. The SMILES string of the molecule is O=Cc1cc(C=O)c(S)c(C=O)c1.[NaH]. The molecule has 0 aliphatic carbocycles. The monoisotopic (exact) mass is 218 g/mol. The third kappa shape index (κ3) is 2.78. The summed E-state index contributed by atoms with van der Waals surface area (Å²) in [6.45, 7) is 0. The zero-order chi connectivity index (χ0) is 9.84. The second kappa shape index (κ2) is 6.14. The van der Waals surface area contributed by atoms with Crippen molar-refractivity contribution in [2.75, 3.05) is 0 Å². The summed E-state index contributed by atoms with van der Waals surface area (Å²) in [6, 6.07) is 2.77. The van der Waals surface area contributed by atoms with E-state index >= 15 is 0 Å². The fraction of sp³-hybridized carbons (Fsp3) is 0. The van der Waals surface area contributed by atoms with E-state index in [0.29, 0.717) is 29.3 Å². The van der Waals surface area contributed by atoms with Gasteiger partial charge in [-0.05, 0) is 12.1 Å². The average molecular weight is 218 g/mol. The van der Waals surface area contributed by atoms with Crippen LogP contribution in [0.2, 0.25) is 0 Å². The number of carbonyl (C=O) groups is 3. The number of hydrogen-bond donors (Lipinski definition) is 1. The summed E-state index contributed by atoms with van der Waals surface area (Å²) in [6.07, 6.45) is 1.69. The molecule has 0 saturated carbocycles. The third-order valence-electron chi connectivity index (χ3n) is 1.58. The first-order chi connectivity index (χ1) is 6.22. The van der Waals surface area contributed by atoms with Crippen LogP contribution in [0.4, 0.5) is 0 Å². The molecule has 0 unspecified atom stereocenters. The van der Waals surface area contributed by atoms with Crippen molar-refractivity contribution < 1.29 is 14.4 Å². The number of hydrogen-bond acceptors (Lipinski definition) is 4. The first kappa shape index (κ1) is 13.6. The molecule has 0 saturated heterocycles. The normalized spacial score (nSPS) is 8.64. The first-order valence-electron chi connectivity index (χ1n) is 3.45. The van der Waals surface area contributed by atoms with Crippen LogP contribution in [0, 0.1) is 0 Å². The van der Waals surface area contributed by atoms with Gasteiger partial charge in [0.1, 0.15) is 6.29 Å². The first-order valence-corrected chi connectivity index (χ1v) is 3.90. The zero-order valence-electron chi connectivity index (χ0n) is 6.56. The summed E-state index contributed by atoms with van der Waals surface area (Å²) >= 11 is 3.98. The van der Waals surface area contributed by atoms with Gasteiger partial charge < -0.3 is 0 Å². The Balaban J connectivity index is 0.00000169. The Morgan fingerprint density at radius 3 is 1.64 bits per heavy atom. The van der Waals surface area contributed by atoms with Gasteiger partial charge in [0, 0.05) is 21.6 Å². The van der Waals surface area contributed by atoms with Gasteiger partial charge in [0.15, 0.2) is 12.6 Å². The zero-order valence-corrected chi connectivity index (χ0v) is 7.45. The van der Waals surface area contributed by atoms with Gasteiger partial charge in [-0.3, -0.25) is 14.4 Å². The van der Waals surface area contributed by atoms with E-state index in [-0.39, 0.29) is 40.7 Å². The van der Waals surface area contributed by atoms with Crippen LogP contribution in [0.1, 0.15) is 31.1 Å². The van der Waals surface area contributed by atoms with Crippen LogP contribution >= 0.6 is 12.6 Å². The Bertz CT molecular complexity index is 347. The number of carbonyl (C=O) groups excluding carboxylic acids is 3. The number of benzene rings is 1. The Kier molecular flexibility index (Phi) is 5.95. The van der Waals surface area contributed by atoms with Gasteiger partial charge in [-0.2, -0.15) is 0 Å². The Morgan fingerprint density at radius 2 is 1.36 bits per heavy atom. The van der Waals surface area contributed by atoms with E-state index in [1.54, 1.807) is 0 Å². The molecule has 0 amide bonds. The fourth-order valence-corrected chi connectivity index (χ4v) is 1.19. The van der Waals surface area contributed by atoms with Crippen LogP contribution in [0.3, 0.4) is 0 Å². The molecule has 1 aromatic carbocycles. The third-order valence-corrected chi connectivity index (χ3v) is 2.10. The van der Waals surface area contributed by atoms with Crippen molar-refractivity contribution in [1.82, 2.24) is 0 Å². The van der Waals surface area contributed by atoms with Gasteiger partial charge in [0.25, 0.3) is 0 Å². The van der Waals surface area contributed by atoms with Crippen LogP contribution in [-0.4, -0.2) is 48.4 Å². The Hall–Kier alpha value is -0.420. The van der Waals surface area contributed by atoms with Gasteiger partial charge in [-0.25, -0.2) is 0 Å². The summed E-state index contributed by atoms with van der Waals surface area (Å²) in [4.78, 5) is 31.7. The summed E-state index contributed by atoms with van der Waals surface area (Å²) in [5.41, 5.74) is 0.784. The van der Waals surface area contributed by atoms with E-state index in [2.05, 4.69) is 12.6 Å². The topological polar surface area (TPSA) is 51.2 Å².